The van der Waals surface area contributed by atoms with Gasteiger partial charge < -0.3 is 14.0 Å². The van der Waals surface area contributed by atoms with E-state index in [0.717, 1.165) is 0 Å². The fraction of sp³-hybridized carbons (Fsp3) is 1.00. The number of hydrogen-bond donors (Lipinski definition) is 0. The molecule has 0 aromatic heterocycles. The second-order valence-corrected chi connectivity index (χ2v) is 10.4. The number of hydrogen-bond acceptors (Lipinski definition) is 4. The Morgan fingerprint density at radius 3 is 2.62 bits per heavy atom. The van der Waals surface area contributed by atoms with Crippen LogP contribution in [0.5, 0.6) is 0 Å². The van der Waals surface area contributed by atoms with Gasteiger partial charge in [-0.25, -0.2) is 0 Å². The molecule has 1 aliphatic rings. The van der Waals surface area contributed by atoms with E-state index in [-0.39, 0.29) is 12.7 Å². The fourth-order valence-electron chi connectivity index (χ4n) is 1.02. The van der Waals surface area contributed by atoms with Gasteiger partial charge >= 0.3 is 0 Å². The van der Waals surface area contributed by atoms with E-state index in [4.69, 9.17) is 48.3 Å². The van der Waals surface area contributed by atoms with Gasteiger partial charge in [0.25, 0.3) is 0 Å². The van der Waals surface area contributed by atoms with Gasteiger partial charge in [-0.2, -0.15) is 0 Å². The van der Waals surface area contributed by atoms with E-state index in [1.807, 2.05) is 13.8 Å². The predicted octanol–water partition coefficient (Wildman–Crippen LogP) is 2.86. The molecule has 1 fully saturated rings. The van der Waals surface area contributed by atoms with Crippen molar-refractivity contribution in [2.75, 3.05) is 13.2 Å². The molecule has 0 aliphatic carbocycles. The van der Waals surface area contributed by atoms with Gasteiger partial charge in [0.1, 0.15) is 6.10 Å². The van der Waals surface area contributed by atoms with Crippen molar-refractivity contribution in [3.8, 4) is 0 Å². The molecule has 13 heavy (non-hydrogen) atoms. The van der Waals surface area contributed by atoms with E-state index in [0.29, 0.717) is 6.61 Å². The molecule has 0 aromatic carbocycles. The summed E-state index contributed by atoms with van der Waals surface area (Å²) in [6.45, 7) is 4.44. The summed E-state index contributed by atoms with van der Waals surface area (Å²) in [6.07, 6.45) is -0.130. The van der Waals surface area contributed by atoms with Crippen LogP contribution < -0.4 is 0 Å². The van der Waals surface area contributed by atoms with Crippen LogP contribution in [0.4, 0.5) is 0 Å². The third kappa shape index (κ3) is 4.93. The molecule has 1 unspecified atom stereocenters. The topological polar surface area (TPSA) is 27.7 Å². The zero-order valence-corrected chi connectivity index (χ0v) is 10.6. The Hall–Kier alpha value is 1.11. The third-order valence-electron chi connectivity index (χ3n) is 1.48. The van der Waals surface area contributed by atoms with E-state index in [1.54, 1.807) is 0 Å². The maximum atomic E-state index is 5.56. The molecule has 0 amide bonds. The summed E-state index contributed by atoms with van der Waals surface area (Å²) in [5.41, 5.74) is 0. The average Bonchev–Trinajstić information content (AvgIpc) is 2.24. The van der Waals surface area contributed by atoms with Crippen molar-refractivity contribution in [1.82, 2.24) is 0 Å². The van der Waals surface area contributed by atoms with Gasteiger partial charge in [-0.3, -0.25) is 0 Å². The molecule has 0 saturated carbocycles. The highest BCUT2D eigenvalue weighted by Crippen LogP contribution is 2.58. The Kier molecular flexibility index (Phi) is 4.04. The highest BCUT2D eigenvalue weighted by atomic mass is 35.9. The molecule has 3 nitrogen and oxygen atoms in total. The minimum Gasteiger partial charge on any atom is -0.348 e. The van der Waals surface area contributed by atoms with Crippen LogP contribution in [0, 0.1) is 0 Å². The van der Waals surface area contributed by atoms with Crippen LogP contribution in [0.1, 0.15) is 13.8 Å². The lowest BCUT2D eigenvalue weighted by molar-refractivity contribution is -0.141. The van der Waals surface area contributed by atoms with Crippen LogP contribution in [0.2, 0.25) is 0 Å². The van der Waals surface area contributed by atoms with E-state index in [2.05, 4.69) is 0 Å². The Labute approximate surface area is 92.3 Å². The molecule has 1 heterocycles. The van der Waals surface area contributed by atoms with Crippen molar-refractivity contribution >= 4 is 39.3 Å². The Bertz CT molecular complexity index is 230. The molecular formula is C6H11Cl2O3PS. The van der Waals surface area contributed by atoms with Crippen molar-refractivity contribution in [2.24, 2.45) is 0 Å². The summed E-state index contributed by atoms with van der Waals surface area (Å²) in [5, 5.41) is 0. The lowest BCUT2D eigenvalue weighted by Gasteiger charge is -2.17. The maximum absolute atomic E-state index is 5.56. The van der Waals surface area contributed by atoms with Crippen LogP contribution in [-0.4, -0.2) is 25.1 Å². The summed E-state index contributed by atoms with van der Waals surface area (Å²) < 4.78 is 15.8. The SMILES string of the molecule is CC1(C)OCC(COP(=S)(Cl)Cl)O1. The van der Waals surface area contributed by atoms with Crippen LogP contribution in [0.3, 0.4) is 0 Å². The summed E-state index contributed by atoms with van der Waals surface area (Å²) in [5.74, 6) is -0.546. The first kappa shape index (κ1) is 12.2. The second kappa shape index (κ2) is 4.31. The molecule has 0 bridgehead atoms. The van der Waals surface area contributed by atoms with E-state index in [9.17, 15) is 0 Å². The first-order chi connectivity index (χ1) is 5.79. The van der Waals surface area contributed by atoms with Crippen LogP contribution in [0.15, 0.2) is 0 Å². The monoisotopic (exact) mass is 264 g/mol. The molecule has 1 atom stereocenters. The van der Waals surface area contributed by atoms with Crippen molar-refractivity contribution in [2.45, 2.75) is 25.7 Å². The van der Waals surface area contributed by atoms with Gasteiger partial charge in [0, 0.05) is 0 Å². The number of rotatable bonds is 3. The summed E-state index contributed by atoms with van der Waals surface area (Å²) >= 11 is 15.8. The third-order valence-corrected chi connectivity index (χ3v) is 2.83. The summed E-state index contributed by atoms with van der Waals surface area (Å²) in [6, 6.07) is 0. The molecule has 0 radical (unpaired) electrons. The zero-order valence-electron chi connectivity index (χ0n) is 7.33. The fourth-order valence-corrected chi connectivity index (χ4v) is 1.88. The number of halogens is 2. The zero-order chi connectivity index (χ0) is 10.1. The first-order valence-electron chi connectivity index (χ1n) is 3.74. The Morgan fingerprint density at radius 1 is 1.62 bits per heavy atom. The van der Waals surface area contributed by atoms with Crippen LogP contribution >= 0.6 is 27.5 Å². The quantitative estimate of drug-likeness (QED) is 0.733. The lowest BCUT2D eigenvalue weighted by atomic mass is 10.4. The summed E-state index contributed by atoms with van der Waals surface area (Å²) in [7, 11) is 0. The van der Waals surface area contributed by atoms with Gasteiger partial charge in [-0.1, -0.05) is 0 Å². The Morgan fingerprint density at radius 2 is 2.23 bits per heavy atom. The normalized spacial score (nSPS) is 27.8. The van der Waals surface area contributed by atoms with Crippen molar-refractivity contribution < 1.29 is 14.0 Å². The van der Waals surface area contributed by atoms with Crippen LogP contribution in [-0.2, 0) is 25.8 Å². The molecule has 7 heteroatoms. The minimum atomic E-state index is -2.62. The lowest BCUT2D eigenvalue weighted by Crippen LogP contribution is -2.23. The first-order valence-corrected chi connectivity index (χ1v) is 8.27. The van der Waals surface area contributed by atoms with Gasteiger partial charge in [0.2, 0.25) is 4.97 Å². The molecule has 1 saturated heterocycles. The van der Waals surface area contributed by atoms with Crippen LogP contribution in [0.25, 0.3) is 0 Å². The minimum absolute atomic E-state index is 0.130. The Balaban J connectivity index is 2.30. The molecule has 1 aliphatic heterocycles. The van der Waals surface area contributed by atoms with Crippen molar-refractivity contribution in [3.05, 3.63) is 0 Å². The summed E-state index contributed by atoms with van der Waals surface area (Å²) in [4.78, 5) is -2.62. The standard InChI is InChI=1S/C6H11Cl2O3PS/c1-6(2)9-3-5(11-6)4-10-12(7,8)13/h5H,3-4H2,1-2H3. The second-order valence-electron chi connectivity index (χ2n) is 3.16. The predicted molar refractivity (Wildman–Crippen MR) is 56.8 cm³/mol. The average molecular weight is 265 g/mol. The largest absolute Gasteiger partial charge is 0.348 e. The van der Waals surface area contributed by atoms with E-state index >= 15 is 0 Å². The van der Waals surface area contributed by atoms with Gasteiger partial charge in [-0.15, -0.1) is 0 Å². The molecule has 0 spiro atoms. The van der Waals surface area contributed by atoms with Gasteiger partial charge in [-0.05, 0) is 48.1 Å². The van der Waals surface area contributed by atoms with Gasteiger partial charge in [0.15, 0.2) is 5.79 Å². The van der Waals surface area contributed by atoms with E-state index < -0.39 is 10.8 Å². The molecule has 0 aromatic rings. The van der Waals surface area contributed by atoms with Crippen molar-refractivity contribution in [1.29, 1.82) is 0 Å². The maximum Gasteiger partial charge on any atom is 0.240 e. The van der Waals surface area contributed by atoms with E-state index in [1.165, 1.54) is 0 Å². The smallest absolute Gasteiger partial charge is 0.240 e. The van der Waals surface area contributed by atoms with Crippen molar-refractivity contribution in [3.63, 3.8) is 0 Å². The highest BCUT2D eigenvalue weighted by Gasteiger charge is 2.33. The molecule has 78 valence electrons. The highest BCUT2D eigenvalue weighted by molar-refractivity contribution is 8.36. The van der Waals surface area contributed by atoms with Gasteiger partial charge in [0.05, 0.1) is 13.2 Å². The molecule has 1 rings (SSSR count). The number of ether oxygens (including phenoxy) is 2. The molecule has 0 N–H and O–H groups in total. The molecular weight excluding hydrogens is 254 g/mol.